The quantitative estimate of drug-likeness (QED) is 0.866. The van der Waals surface area contributed by atoms with Crippen LogP contribution in [0.5, 0.6) is 0 Å². The Labute approximate surface area is 127 Å². The molecule has 1 aliphatic rings. The second-order valence-electron chi connectivity index (χ2n) is 5.99. The molecule has 1 heterocycles. The Morgan fingerprint density at radius 1 is 1.48 bits per heavy atom. The topological polar surface area (TPSA) is 75.4 Å². The summed E-state index contributed by atoms with van der Waals surface area (Å²) in [7, 11) is -3.59. The molecule has 1 saturated heterocycles. The standard InChI is InChI=1S/C15H25N3O2S/c1-12-5-3-7-15(9-12)13(2)18-8-4-6-14(11-18)10-17-21(16,19)20/h3,5,7,9,13-14,17H,4,6,8,10-11H2,1-2H3,(H2,16,19,20)/t13-,14+/m1/s1. The van der Waals surface area contributed by atoms with Crippen LogP contribution < -0.4 is 9.86 Å². The summed E-state index contributed by atoms with van der Waals surface area (Å²) in [6.45, 7) is 6.70. The molecule has 1 aromatic carbocycles. The van der Waals surface area contributed by atoms with E-state index in [9.17, 15) is 8.42 Å². The number of nitrogens with zero attached hydrogens (tertiary/aromatic N) is 1. The average molecular weight is 311 g/mol. The van der Waals surface area contributed by atoms with Gasteiger partial charge >= 0.3 is 0 Å². The minimum Gasteiger partial charge on any atom is -0.296 e. The van der Waals surface area contributed by atoms with E-state index in [0.717, 1.165) is 25.9 Å². The summed E-state index contributed by atoms with van der Waals surface area (Å²) in [6.07, 6.45) is 2.13. The van der Waals surface area contributed by atoms with E-state index in [1.54, 1.807) is 0 Å². The third kappa shape index (κ3) is 5.07. The number of rotatable bonds is 5. The summed E-state index contributed by atoms with van der Waals surface area (Å²) >= 11 is 0. The lowest BCUT2D eigenvalue weighted by Crippen LogP contribution is -2.43. The predicted octanol–water partition coefficient (Wildman–Crippen LogP) is 1.56. The van der Waals surface area contributed by atoms with Crippen molar-refractivity contribution in [2.24, 2.45) is 11.1 Å². The van der Waals surface area contributed by atoms with Crippen molar-refractivity contribution in [2.45, 2.75) is 32.7 Å². The first kappa shape index (κ1) is 16.4. The van der Waals surface area contributed by atoms with Crippen LogP contribution in [0, 0.1) is 12.8 Å². The molecule has 0 unspecified atom stereocenters. The summed E-state index contributed by atoms with van der Waals surface area (Å²) in [6, 6.07) is 8.92. The summed E-state index contributed by atoms with van der Waals surface area (Å²) in [5.74, 6) is 0.323. The monoisotopic (exact) mass is 311 g/mol. The molecule has 0 amide bonds. The van der Waals surface area contributed by atoms with E-state index in [1.807, 2.05) is 0 Å². The van der Waals surface area contributed by atoms with E-state index < -0.39 is 10.2 Å². The SMILES string of the molecule is Cc1cccc([C@@H](C)N2CCC[C@@H](CNS(N)(=O)=O)C2)c1. The fourth-order valence-corrected chi connectivity index (χ4v) is 3.46. The van der Waals surface area contributed by atoms with E-state index in [4.69, 9.17) is 5.14 Å². The van der Waals surface area contributed by atoms with Gasteiger partial charge in [0, 0.05) is 19.1 Å². The molecule has 2 atom stereocenters. The van der Waals surface area contributed by atoms with Gasteiger partial charge in [0.05, 0.1) is 0 Å². The van der Waals surface area contributed by atoms with Gasteiger partial charge in [-0.05, 0) is 44.7 Å². The number of nitrogens with one attached hydrogen (secondary N) is 1. The molecule has 2 rings (SSSR count). The molecule has 0 spiro atoms. The Bertz CT molecular complexity index is 574. The second kappa shape index (κ2) is 6.87. The van der Waals surface area contributed by atoms with Crippen LogP contribution in [-0.2, 0) is 10.2 Å². The minimum atomic E-state index is -3.59. The van der Waals surface area contributed by atoms with Gasteiger partial charge < -0.3 is 0 Å². The smallest absolute Gasteiger partial charge is 0.274 e. The Hall–Kier alpha value is -0.950. The van der Waals surface area contributed by atoms with Crippen molar-refractivity contribution in [3.63, 3.8) is 0 Å². The molecule has 1 fully saturated rings. The van der Waals surface area contributed by atoms with Gasteiger partial charge in [-0.25, -0.2) is 9.86 Å². The minimum absolute atomic E-state index is 0.323. The summed E-state index contributed by atoms with van der Waals surface area (Å²) in [5, 5.41) is 5.00. The highest BCUT2D eigenvalue weighted by Gasteiger charge is 2.24. The van der Waals surface area contributed by atoms with Crippen molar-refractivity contribution in [3.05, 3.63) is 35.4 Å². The fourth-order valence-electron chi connectivity index (χ4n) is 2.99. The van der Waals surface area contributed by atoms with E-state index in [0.29, 0.717) is 18.5 Å². The number of hydrogen-bond donors (Lipinski definition) is 2. The molecule has 21 heavy (non-hydrogen) atoms. The van der Waals surface area contributed by atoms with Crippen LogP contribution in [0.15, 0.2) is 24.3 Å². The fraction of sp³-hybridized carbons (Fsp3) is 0.600. The summed E-state index contributed by atoms with van der Waals surface area (Å²) < 4.78 is 24.4. The van der Waals surface area contributed by atoms with Crippen molar-refractivity contribution >= 4 is 10.2 Å². The lowest BCUT2D eigenvalue weighted by atomic mass is 9.95. The number of likely N-dealkylation sites (tertiary alicyclic amines) is 1. The zero-order valence-electron chi connectivity index (χ0n) is 12.7. The molecule has 6 heteroatoms. The maximum Gasteiger partial charge on any atom is 0.274 e. The normalized spacial score (nSPS) is 22.1. The van der Waals surface area contributed by atoms with Crippen LogP contribution in [0.2, 0.25) is 0 Å². The van der Waals surface area contributed by atoms with Crippen LogP contribution in [0.25, 0.3) is 0 Å². The van der Waals surface area contributed by atoms with Crippen molar-refractivity contribution in [1.82, 2.24) is 9.62 Å². The maximum absolute atomic E-state index is 11.0. The second-order valence-corrected chi connectivity index (χ2v) is 7.37. The molecule has 118 valence electrons. The Kier molecular flexibility index (Phi) is 5.37. The molecule has 1 aliphatic heterocycles. The van der Waals surface area contributed by atoms with Gasteiger partial charge in [-0.3, -0.25) is 4.90 Å². The Morgan fingerprint density at radius 3 is 2.90 bits per heavy atom. The molecule has 0 radical (unpaired) electrons. The van der Waals surface area contributed by atoms with E-state index in [1.165, 1.54) is 11.1 Å². The first-order chi connectivity index (χ1) is 9.85. The van der Waals surface area contributed by atoms with Crippen LogP contribution in [0.4, 0.5) is 0 Å². The zero-order valence-corrected chi connectivity index (χ0v) is 13.6. The lowest BCUT2D eigenvalue weighted by molar-refractivity contribution is 0.133. The van der Waals surface area contributed by atoms with Gasteiger partial charge in [0.15, 0.2) is 0 Å². The largest absolute Gasteiger partial charge is 0.296 e. The third-order valence-electron chi connectivity index (χ3n) is 4.20. The zero-order chi connectivity index (χ0) is 15.5. The van der Waals surface area contributed by atoms with E-state index in [2.05, 4.69) is 47.7 Å². The number of piperidine rings is 1. The van der Waals surface area contributed by atoms with Crippen LogP contribution in [0.1, 0.15) is 36.9 Å². The lowest BCUT2D eigenvalue weighted by Gasteiger charge is -2.37. The third-order valence-corrected chi connectivity index (χ3v) is 4.76. The van der Waals surface area contributed by atoms with Gasteiger partial charge in [0.2, 0.25) is 0 Å². The molecule has 0 saturated carbocycles. The van der Waals surface area contributed by atoms with Crippen molar-refractivity contribution in [1.29, 1.82) is 0 Å². The highest BCUT2D eigenvalue weighted by Crippen LogP contribution is 2.26. The van der Waals surface area contributed by atoms with Crippen molar-refractivity contribution in [3.8, 4) is 0 Å². The van der Waals surface area contributed by atoms with Crippen molar-refractivity contribution in [2.75, 3.05) is 19.6 Å². The summed E-state index contributed by atoms with van der Waals surface area (Å²) in [4.78, 5) is 2.42. The van der Waals surface area contributed by atoms with Gasteiger partial charge in [-0.2, -0.15) is 8.42 Å². The molecule has 1 aromatic rings. The van der Waals surface area contributed by atoms with E-state index >= 15 is 0 Å². The number of nitrogens with two attached hydrogens (primary N) is 1. The predicted molar refractivity (Wildman–Crippen MR) is 85.0 cm³/mol. The number of hydrogen-bond acceptors (Lipinski definition) is 3. The van der Waals surface area contributed by atoms with Gasteiger partial charge in [0.1, 0.15) is 0 Å². The van der Waals surface area contributed by atoms with Crippen LogP contribution in [0.3, 0.4) is 0 Å². The van der Waals surface area contributed by atoms with Crippen LogP contribution in [-0.4, -0.2) is 33.0 Å². The molecule has 0 bridgehead atoms. The van der Waals surface area contributed by atoms with Crippen molar-refractivity contribution < 1.29 is 8.42 Å². The molecular formula is C15H25N3O2S. The molecule has 0 aliphatic carbocycles. The first-order valence-corrected chi connectivity index (χ1v) is 8.98. The average Bonchev–Trinajstić information content (AvgIpc) is 2.44. The van der Waals surface area contributed by atoms with Gasteiger partial charge in [-0.15, -0.1) is 0 Å². The van der Waals surface area contributed by atoms with Gasteiger partial charge in [0.25, 0.3) is 10.2 Å². The molecule has 5 nitrogen and oxygen atoms in total. The molecular weight excluding hydrogens is 286 g/mol. The highest BCUT2D eigenvalue weighted by atomic mass is 32.2. The molecule has 0 aromatic heterocycles. The number of aryl methyl sites for hydroxylation is 1. The maximum atomic E-state index is 11.0. The number of benzene rings is 1. The molecule has 3 N–H and O–H groups in total. The Balaban J connectivity index is 1.97. The Morgan fingerprint density at radius 2 is 2.24 bits per heavy atom. The van der Waals surface area contributed by atoms with Crippen LogP contribution >= 0.6 is 0 Å². The van der Waals surface area contributed by atoms with Gasteiger partial charge in [-0.1, -0.05) is 29.8 Å². The van der Waals surface area contributed by atoms with E-state index in [-0.39, 0.29) is 0 Å². The first-order valence-electron chi connectivity index (χ1n) is 7.43. The summed E-state index contributed by atoms with van der Waals surface area (Å²) in [5.41, 5.74) is 2.58. The highest BCUT2D eigenvalue weighted by molar-refractivity contribution is 7.87.